The van der Waals surface area contributed by atoms with Crippen LogP contribution < -0.4 is 11.4 Å². The third-order valence-corrected chi connectivity index (χ3v) is 4.55. The summed E-state index contributed by atoms with van der Waals surface area (Å²) in [6, 6.07) is 0. The Bertz CT molecular complexity index is 684. The Morgan fingerprint density at radius 3 is 3.09 bits per heavy atom. The van der Waals surface area contributed by atoms with E-state index in [1.165, 1.54) is 10.8 Å². The second-order valence-electron chi connectivity index (χ2n) is 5.26. The predicted molar refractivity (Wildman–Crippen MR) is 77.2 cm³/mol. The molecule has 11 heteroatoms. The minimum atomic E-state index is -2.33. The lowest BCUT2D eigenvalue weighted by Gasteiger charge is -2.29. The molecule has 3 heterocycles. The van der Waals surface area contributed by atoms with Gasteiger partial charge in [0.2, 0.25) is 0 Å². The second kappa shape index (κ2) is 5.55. The van der Waals surface area contributed by atoms with E-state index in [1.807, 2.05) is 0 Å². The van der Waals surface area contributed by atoms with E-state index in [0.717, 1.165) is 0 Å². The van der Waals surface area contributed by atoms with Gasteiger partial charge in [0.15, 0.2) is 17.9 Å². The van der Waals surface area contributed by atoms with Crippen LogP contribution in [0.15, 0.2) is 11.0 Å². The number of aliphatic hydroxyl groups is 1. The Morgan fingerprint density at radius 1 is 1.73 bits per heavy atom. The molecule has 22 heavy (non-hydrogen) atoms. The van der Waals surface area contributed by atoms with Crippen molar-refractivity contribution in [1.82, 2.24) is 9.55 Å². The Balaban J connectivity index is 2.00. The number of aliphatic hydroxyl groups excluding tert-OH is 1. The third kappa shape index (κ3) is 2.36. The van der Waals surface area contributed by atoms with Crippen molar-refractivity contribution in [1.29, 1.82) is 0 Å². The van der Waals surface area contributed by atoms with E-state index in [-0.39, 0.29) is 12.4 Å². The standard InChI is InChI=1S/C11H14N3O6PS/c1-5-2-14(10(16)13-8(5)12)9-6-7(20-21(17)22)11(3-15,19-9)4-18-6/h2,6-7,9,15H,3-4H2,1H3,(H2,12,13,16)/t6?,7-,9+,11-/m0/s1. The fourth-order valence-corrected chi connectivity index (χ4v) is 3.52. The van der Waals surface area contributed by atoms with Crippen molar-refractivity contribution in [3.8, 4) is 0 Å². The SMILES string of the molecule is Cc1cn([C@@H]2O[C@@]3(CO)COC2[C@@H]3O[P+](=O)[S-])c(=O)nc1N. The summed E-state index contributed by atoms with van der Waals surface area (Å²) in [7, 11) is -2.33. The maximum absolute atomic E-state index is 12.0. The zero-order valence-electron chi connectivity index (χ0n) is 11.5. The van der Waals surface area contributed by atoms with Crippen LogP contribution in [0, 0.1) is 6.92 Å². The number of nitrogen functional groups attached to an aromatic ring is 1. The van der Waals surface area contributed by atoms with Crippen LogP contribution in [0.3, 0.4) is 0 Å². The van der Waals surface area contributed by atoms with Crippen LogP contribution in [0.1, 0.15) is 11.8 Å². The van der Waals surface area contributed by atoms with E-state index < -0.39 is 43.6 Å². The molecule has 9 nitrogen and oxygen atoms in total. The van der Waals surface area contributed by atoms with Gasteiger partial charge < -0.3 is 32.6 Å². The summed E-state index contributed by atoms with van der Waals surface area (Å²) in [6.07, 6.45) is -0.921. The van der Waals surface area contributed by atoms with Crippen LogP contribution in [-0.2, 0) is 30.8 Å². The largest absolute Gasteiger partial charge is 0.408 e. The van der Waals surface area contributed by atoms with Crippen LogP contribution in [0.2, 0.25) is 0 Å². The van der Waals surface area contributed by atoms with Gasteiger partial charge in [-0.25, -0.2) is 4.79 Å². The molecule has 0 spiro atoms. The van der Waals surface area contributed by atoms with Crippen molar-refractivity contribution in [2.24, 2.45) is 0 Å². The molecule has 3 rings (SSSR count). The highest BCUT2D eigenvalue weighted by Crippen LogP contribution is 2.48. The number of anilines is 1. The fraction of sp³-hybridized carbons (Fsp3) is 0.636. The topological polar surface area (TPSA) is 126 Å². The van der Waals surface area contributed by atoms with Crippen molar-refractivity contribution in [2.75, 3.05) is 18.9 Å². The van der Waals surface area contributed by atoms with Crippen molar-refractivity contribution < 1.29 is 23.7 Å². The monoisotopic (exact) mass is 347 g/mol. The van der Waals surface area contributed by atoms with E-state index in [0.29, 0.717) is 5.56 Å². The van der Waals surface area contributed by atoms with E-state index in [2.05, 4.69) is 17.2 Å². The molecule has 2 aliphatic heterocycles. The Labute approximate surface area is 131 Å². The van der Waals surface area contributed by atoms with Gasteiger partial charge in [-0.2, -0.15) is 9.51 Å². The van der Waals surface area contributed by atoms with Gasteiger partial charge in [0.05, 0.1) is 13.2 Å². The first-order valence-corrected chi connectivity index (χ1v) is 8.64. The fourth-order valence-electron chi connectivity index (χ4n) is 2.74. The summed E-state index contributed by atoms with van der Waals surface area (Å²) in [5.41, 5.74) is 4.38. The van der Waals surface area contributed by atoms with Gasteiger partial charge in [0.25, 0.3) is 0 Å². The summed E-state index contributed by atoms with van der Waals surface area (Å²) >= 11 is 4.56. The van der Waals surface area contributed by atoms with Crippen LogP contribution >= 0.6 is 7.23 Å². The average Bonchev–Trinajstić information content (AvgIpc) is 2.95. The van der Waals surface area contributed by atoms with Crippen molar-refractivity contribution in [3.63, 3.8) is 0 Å². The molecule has 2 saturated heterocycles. The Morgan fingerprint density at radius 2 is 2.45 bits per heavy atom. The molecule has 1 aromatic heterocycles. The summed E-state index contributed by atoms with van der Waals surface area (Å²) in [4.78, 5) is 15.7. The molecule has 0 aliphatic carbocycles. The van der Waals surface area contributed by atoms with Crippen molar-refractivity contribution in [2.45, 2.75) is 31.0 Å². The molecular weight excluding hydrogens is 333 g/mol. The van der Waals surface area contributed by atoms with Gasteiger partial charge in [0.1, 0.15) is 11.9 Å². The zero-order valence-corrected chi connectivity index (χ0v) is 13.3. The van der Waals surface area contributed by atoms with Crippen molar-refractivity contribution in [3.05, 3.63) is 22.2 Å². The summed E-state index contributed by atoms with van der Waals surface area (Å²) in [6.45, 7) is 1.34. The highest BCUT2D eigenvalue weighted by Gasteiger charge is 2.65. The van der Waals surface area contributed by atoms with E-state index in [9.17, 15) is 14.5 Å². The zero-order chi connectivity index (χ0) is 16.1. The van der Waals surface area contributed by atoms with Gasteiger partial charge in [-0.1, -0.05) is 4.57 Å². The quantitative estimate of drug-likeness (QED) is 0.541. The minimum Gasteiger partial charge on any atom is -0.408 e. The van der Waals surface area contributed by atoms with Crippen LogP contribution in [-0.4, -0.2) is 45.7 Å². The molecule has 2 bridgehead atoms. The molecule has 0 radical (unpaired) electrons. The molecule has 1 aromatic rings. The van der Waals surface area contributed by atoms with Gasteiger partial charge in [-0.3, -0.25) is 4.57 Å². The molecule has 0 saturated carbocycles. The maximum atomic E-state index is 12.0. The molecule has 5 atom stereocenters. The van der Waals surface area contributed by atoms with Crippen molar-refractivity contribution >= 4 is 25.3 Å². The summed E-state index contributed by atoms with van der Waals surface area (Å²) in [5, 5.41) is 9.62. The summed E-state index contributed by atoms with van der Waals surface area (Å²) < 4.78 is 29.0. The Kier molecular flexibility index (Phi) is 4.00. The molecule has 2 aliphatic rings. The Hall–Kier alpha value is -1.03. The van der Waals surface area contributed by atoms with Crippen LogP contribution in [0.25, 0.3) is 0 Å². The van der Waals surface area contributed by atoms with Gasteiger partial charge in [0, 0.05) is 11.8 Å². The van der Waals surface area contributed by atoms with Gasteiger partial charge in [-0.05, 0) is 6.92 Å². The molecule has 0 aromatic carbocycles. The molecule has 2 fully saturated rings. The lowest BCUT2D eigenvalue weighted by atomic mass is 10.0. The predicted octanol–water partition coefficient (Wildman–Crippen LogP) is -0.618. The minimum absolute atomic E-state index is 0.0595. The number of ether oxygens (including phenoxy) is 2. The number of aryl methyl sites for hydroxylation is 1. The first kappa shape index (κ1) is 15.9. The number of aromatic nitrogens is 2. The van der Waals surface area contributed by atoms with E-state index in [4.69, 9.17) is 19.7 Å². The smallest absolute Gasteiger partial charge is 0.372 e. The lowest BCUT2D eigenvalue weighted by molar-refractivity contribution is -0.187. The van der Waals surface area contributed by atoms with E-state index >= 15 is 0 Å². The first-order valence-electron chi connectivity index (χ1n) is 6.44. The highest BCUT2D eigenvalue weighted by molar-refractivity contribution is 8.25. The molecule has 2 unspecified atom stereocenters. The average molecular weight is 347 g/mol. The van der Waals surface area contributed by atoms with Gasteiger partial charge >= 0.3 is 12.9 Å². The van der Waals surface area contributed by atoms with Gasteiger partial charge in [-0.15, -0.1) is 0 Å². The lowest BCUT2D eigenvalue weighted by Crippen LogP contribution is -2.45. The first-order chi connectivity index (χ1) is 10.4. The number of fused-ring (bicyclic) bond motifs is 2. The number of hydrogen-bond donors (Lipinski definition) is 2. The number of rotatable bonds is 4. The van der Waals surface area contributed by atoms with Crippen LogP contribution in [0.4, 0.5) is 5.82 Å². The third-order valence-electron chi connectivity index (χ3n) is 3.89. The molecular formula is C11H14N3O6PS. The van der Waals surface area contributed by atoms with Crippen LogP contribution in [0.5, 0.6) is 0 Å². The molecule has 0 amide bonds. The number of nitrogens with two attached hydrogens (primary N) is 1. The maximum Gasteiger partial charge on any atom is 0.372 e. The second-order valence-corrected chi connectivity index (χ2v) is 6.81. The summed E-state index contributed by atoms with van der Waals surface area (Å²) in [5.74, 6) is 0.128. The highest BCUT2D eigenvalue weighted by atomic mass is 32.7. The molecule has 120 valence electrons. The number of hydrogen-bond acceptors (Lipinski definition) is 9. The number of nitrogens with zero attached hydrogens (tertiary/aromatic N) is 2. The molecule has 3 N–H and O–H groups in total. The normalized spacial score (nSPS) is 34.1. The van der Waals surface area contributed by atoms with E-state index in [1.54, 1.807) is 6.92 Å².